The van der Waals surface area contributed by atoms with Crippen molar-refractivity contribution in [3.63, 3.8) is 0 Å². The lowest BCUT2D eigenvalue weighted by molar-refractivity contribution is -0.147. The van der Waals surface area contributed by atoms with E-state index in [0.29, 0.717) is 62.2 Å². The van der Waals surface area contributed by atoms with E-state index in [2.05, 4.69) is 15.3 Å². The fraction of sp³-hybridized carbons (Fsp3) is 0.429. The molecule has 2 amide bonds. The minimum Gasteiger partial charge on any atom is -0.478 e. The van der Waals surface area contributed by atoms with E-state index in [1.165, 1.54) is 17.8 Å². The van der Waals surface area contributed by atoms with Gasteiger partial charge in [-0.15, -0.1) is 5.10 Å². The van der Waals surface area contributed by atoms with Gasteiger partial charge in [0.2, 0.25) is 11.5 Å². The summed E-state index contributed by atoms with van der Waals surface area (Å²) >= 11 is 6.11. The van der Waals surface area contributed by atoms with Gasteiger partial charge in [-0.05, 0) is 12.1 Å². The Morgan fingerprint density at radius 1 is 1.19 bits per heavy atom. The van der Waals surface area contributed by atoms with Gasteiger partial charge in [-0.3, -0.25) is 9.69 Å². The van der Waals surface area contributed by atoms with E-state index < -0.39 is 11.6 Å². The molecule has 0 unspecified atom stereocenters. The summed E-state index contributed by atoms with van der Waals surface area (Å²) in [4.78, 5) is 39.2. The first-order chi connectivity index (χ1) is 15.3. The average Bonchev–Trinajstić information content (AvgIpc) is 3.40. The summed E-state index contributed by atoms with van der Waals surface area (Å²) in [6.07, 6.45) is 2.48. The van der Waals surface area contributed by atoms with Crippen LogP contribution in [0.25, 0.3) is 0 Å². The number of hydrogen-bond donors (Lipinski definition) is 2. The number of aromatic nitrogens is 2. The number of rotatable bonds is 6. The van der Waals surface area contributed by atoms with Gasteiger partial charge in [-0.2, -0.15) is 4.68 Å². The molecule has 2 aliphatic rings. The molecular formula is C21H24ClN5O5. The van der Waals surface area contributed by atoms with Crippen molar-refractivity contribution in [2.45, 2.75) is 31.9 Å². The van der Waals surface area contributed by atoms with E-state index in [9.17, 15) is 19.5 Å². The Labute approximate surface area is 189 Å². The fourth-order valence-corrected chi connectivity index (χ4v) is 3.76. The van der Waals surface area contributed by atoms with Gasteiger partial charge in [0.25, 0.3) is 0 Å². The van der Waals surface area contributed by atoms with Crippen LogP contribution in [0.15, 0.2) is 30.5 Å². The number of ether oxygens (including phenoxy) is 1. The van der Waals surface area contributed by atoms with Gasteiger partial charge in [-0.1, -0.05) is 17.7 Å². The standard InChI is InChI=1S/C21H24ClN5O5/c1-14(28)23-18-4-7-27(24-18)20(31)26-10-8-25(9-11-26)13-15-2-3-16(22)12-17(15)32-21(5-6-21)19(29)30/h2-4,7,12H,5-6,8-11,13H2,1H3,(H,29,30)(H,23,24,28). The van der Waals surface area contributed by atoms with Crippen LogP contribution < -0.4 is 10.1 Å². The predicted octanol–water partition coefficient (Wildman–Crippen LogP) is 2.28. The molecule has 11 heteroatoms. The van der Waals surface area contributed by atoms with Crippen molar-refractivity contribution in [2.75, 3.05) is 31.5 Å². The van der Waals surface area contributed by atoms with E-state index in [1.54, 1.807) is 23.1 Å². The summed E-state index contributed by atoms with van der Waals surface area (Å²) in [7, 11) is 0. The van der Waals surface area contributed by atoms with Gasteiger partial charge in [0.05, 0.1) is 0 Å². The number of halogens is 1. The van der Waals surface area contributed by atoms with Crippen LogP contribution >= 0.6 is 11.6 Å². The van der Waals surface area contributed by atoms with E-state index in [1.807, 2.05) is 6.07 Å². The number of carboxylic acid groups (broad SMARTS) is 1. The van der Waals surface area contributed by atoms with E-state index in [0.717, 1.165) is 5.56 Å². The molecule has 0 radical (unpaired) electrons. The molecule has 2 fully saturated rings. The molecule has 0 spiro atoms. The summed E-state index contributed by atoms with van der Waals surface area (Å²) < 4.78 is 7.07. The molecular weight excluding hydrogens is 438 g/mol. The number of nitrogens with zero attached hydrogens (tertiary/aromatic N) is 4. The molecule has 1 aromatic carbocycles. The van der Waals surface area contributed by atoms with Crippen molar-refractivity contribution >= 4 is 35.3 Å². The zero-order valence-corrected chi connectivity index (χ0v) is 18.3. The second-order valence-corrected chi connectivity index (χ2v) is 8.46. The molecule has 32 heavy (non-hydrogen) atoms. The Morgan fingerprint density at radius 2 is 1.91 bits per heavy atom. The van der Waals surface area contributed by atoms with Crippen molar-refractivity contribution < 1.29 is 24.2 Å². The number of aliphatic carboxylic acids is 1. The number of anilines is 1. The summed E-state index contributed by atoms with van der Waals surface area (Å²) in [5.74, 6) is -0.402. The first kappa shape index (κ1) is 22.1. The normalized spacial score (nSPS) is 17.6. The first-order valence-corrected chi connectivity index (χ1v) is 10.7. The average molecular weight is 462 g/mol. The van der Waals surface area contributed by atoms with Gasteiger partial charge >= 0.3 is 12.0 Å². The van der Waals surface area contributed by atoms with Crippen molar-refractivity contribution in [3.05, 3.63) is 41.0 Å². The molecule has 1 saturated heterocycles. The highest BCUT2D eigenvalue weighted by atomic mass is 35.5. The Balaban J connectivity index is 1.36. The Morgan fingerprint density at radius 3 is 2.53 bits per heavy atom. The summed E-state index contributed by atoms with van der Waals surface area (Å²) in [6.45, 7) is 4.23. The molecule has 2 heterocycles. The molecule has 1 saturated carbocycles. The lowest BCUT2D eigenvalue weighted by Gasteiger charge is -2.34. The van der Waals surface area contributed by atoms with Gasteiger partial charge in [-0.25, -0.2) is 9.59 Å². The second-order valence-electron chi connectivity index (χ2n) is 8.03. The number of hydrogen-bond acceptors (Lipinski definition) is 6. The molecule has 1 aliphatic heterocycles. The maximum atomic E-state index is 12.7. The van der Waals surface area contributed by atoms with E-state index >= 15 is 0 Å². The van der Waals surface area contributed by atoms with Crippen molar-refractivity contribution in [1.82, 2.24) is 19.6 Å². The van der Waals surface area contributed by atoms with E-state index in [-0.39, 0.29) is 11.9 Å². The second kappa shape index (κ2) is 8.79. The summed E-state index contributed by atoms with van der Waals surface area (Å²) in [5, 5.41) is 16.6. The number of carbonyl (C=O) groups is 3. The highest BCUT2D eigenvalue weighted by Gasteiger charge is 2.53. The molecule has 0 bridgehead atoms. The highest BCUT2D eigenvalue weighted by Crippen LogP contribution is 2.42. The molecule has 4 rings (SSSR count). The third kappa shape index (κ3) is 4.86. The van der Waals surface area contributed by atoms with Gasteiger partial charge in [0, 0.05) is 75.3 Å². The SMILES string of the molecule is CC(=O)Nc1ccn(C(=O)N2CCN(Cc3ccc(Cl)cc3OC3(C(=O)O)CC3)CC2)n1. The molecule has 2 N–H and O–H groups in total. The van der Waals surface area contributed by atoms with Gasteiger partial charge < -0.3 is 20.1 Å². The maximum Gasteiger partial charge on any atom is 0.348 e. The quantitative estimate of drug-likeness (QED) is 0.677. The largest absolute Gasteiger partial charge is 0.478 e. The Hall–Kier alpha value is -3.11. The van der Waals surface area contributed by atoms with Crippen LogP contribution in [0, 0.1) is 0 Å². The zero-order chi connectivity index (χ0) is 22.9. The smallest absolute Gasteiger partial charge is 0.348 e. The molecule has 10 nitrogen and oxygen atoms in total. The Kier molecular flexibility index (Phi) is 6.07. The number of nitrogens with one attached hydrogen (secondary N) is 1. The van der Waals surface area contributed by atoms with Crippen LogP contribution in [-0.2, 0) is 16.1 Å². The van der Waals surface area contributed by atoms with Crippen LogP contribution in [0.5, 0.6) is 5.75 Å². The molecule has 0 atom stereocenters. The Bertz CT molecular complexity index is 1040. The number of carboxylic acids is 1. The van der Waals surface area contributed by atoms with Crippen LogP contribution in [-0.4, -0.2) is 74.4 Å². The third-order valence-corrected chi connectivity index (χ3v) is 5.79. The highest BCUT2D eigenvalue weighted by molar-refractivity contribution is 6.30. The van der Waals surface area contributed by atoms with Crippen molar-refractivity contribution in [3.8, 4) is 5.75 Å². The van der Waals surface area contributed by atoms with Crippen LogP contribution in [0.2, 0.25) is 5.02 Å². The van der Waals surface area contributed by atoms with Gasteiger partial charge in [0.1, 0.15) is 5.75 Å². The molecule has 1 aliphatic carbocycles. The lowest BCUT2D eigenvalue weighted by atomic mass is 10.1. The summed E-state index contributed by atoms with van der Waals surface area (Å²) in [5.41, 5.74) is -0.293. The van der Waals surface area contributed by atoms with E-state index in [4.69, 9.17) is 16.3 Å². The lowest BCUT2D eigenvalue weighted by Crippen LogP contribution is -2.49. The zero-order valence-electron chi connectivity index (χ0n) is 17.6. The number of carbonyl (C=O) groups excluding carboxylic acids is 2. The molecule has 2 aromatic rings. The third-order valence-electron chi connectivity index (χ3n) is 5.55. The van der Waals surface area contributed by atoms with Gasteiger partial charge in [0.15, 0.2) is 5.82 Å². The number of benzene rings is 1. The minimum atomic E-state index is -1.15. The topological polar surface area (TPSA) is 117 Å². The number of amides is 2. The van der Waals surface area contributed by atoms with Crippen LogP contribution in [0.3, 0.4) is 0 Å². The maximum absolute atomic E-state index is 12.7. The monoisotopic (exact) mass is 461 g/mol. The molecule has 1 aromatic heterocycles. The van der Waals surface area contributed by atoms with Crippen LogP contribution in [0.1, 0.15) is 25.3 Å². The van der Waals surface area contributed by atoms with Crippen molar-refractivity contribution in [1.29, 1.82) is 0 Å². The predicted molar refractivity (Wildman–Crippen MR) is 116 cm³/mol. The fourth-order valence-electron chi connectivity index (χ4n) is 3.60. The van der Waals surface area contributed by atoms with Crippen molar-refractivity contribution in [2.24, 2.45) is 0 Å². The summed E-state index contributed by atoms with van der Waals surface area (Å²) in [6, 6.07) is 6.58. The van der Waals surface area contributed by atoms with Crippen LogP contribution in [0.4, 0.5) is 10.6 Å². The minimum absolute atomic E-state index is 0.252. The molecule has 170 valence electrons. The first-order valence-electron chi connectivity index (χ1n) is 10.3. The number of piperazine rings is 1.